The number of thioether (sulfide) groups is 1. The van der Waals surface area contributed by atoms with Crippen molar-refractivity contribution < 1.29 is 4.74 Å². The van der Waals surface area contributed by atoms with Crippen molar-refractivity contribution in [1.29, 1.82) is 0 Å². The third-order valence-corrected chi connectivity index (χ3v) is 3.25. The summed E-state index contributed by atoms with van der Waals surface area (Å²) in [5, 5.41) is 0. The second-order valence-corrected chi connectivity index (χ2v) is 3.87. The number of hydrogen-bond acceptors (Lipinski definition) is 3. The Labute approximate surface area is 76.1 Å². The van der Waals surface area contributed by atoms with Crippen LogP contribution in [0, 0.1) is 0 Å². The molecule has 0 fully saturated rings. The van der Waals surface area contributed by atoms with E-state index in [0.717, 1.165) is 23.6 Å². The van der Waals surface area contributed by atoms with E-state index in [2.05, 4.69) is 0 Å². The van der Waals surface area contributed by atoms with Crippen LogP contribution in [0.2, 0.25) is 0 Å². The Morgan fingerprint density at radius 3 is 3.08 bits per heavy atom. The average molecular weight is 181 g/mol. The van der Waals surface area contributed by atoms with Gasteiger partial charge in [-0.2, -0.15) is 0 Å². The van der Waals surface area contributed by atoms with Gasteiger partial charge in [-0.3, -0.25) is 0 Å². The molecule has 0 spiro atoms. The number of hydrogen-bond donors (Lipinski definition) is 1. The maximum Gasteiger partial charge on any atom is 0.123 e. The van der Waals surface area contributed by atoms with Gasteiger partial charge >= 0.3 is 0 Å². The molecule has 0 aliphatic carbocycles. The van der Waals surface area contributed by atoms with E-state index in [1.54, 1.807) is 7.11 Å². The molecule has 0 atom stereocenters. The van der Waals surface area contributed by atoms with E-state index in [1.165, 1.54) is 10.5 Å². The molecule has 0 saturated heterocycles. The molecular weight excluding hydrogens is 170 g/mol. The molecule has 64 valence electrons. The Morgan fingerprint density at radius 2 is 2.33 bits per heavy atom. The van der Waals surface area contributed by atoms with Crippen molar-refractivity contribution in [1.82, 2.24) is 0 Å². The highest BCUT2D eigenvalue weighted by Gasteiger charge is 2.18. The van der Waals surface area contributed by atoms with E-state index >= 15 is 0 Å². The van der Waals surface area contributed by atoms with E-state index in [-0.39, 0.29) is 0 Å². The molecule has 0 unspecified atom stereocenters. The highest BCUT2D eigenvalue weighted by molar-refractivity contribution is 7.99. The highest BCUT2D eigenvalue weighted by atomic mass is 32.2. The summed E-state index contributed by atoms with van der Waals surface area (Å²) in [6.07, 6.45) is 1.08. The first-order valence-corrected chi connectivity index (χ1v) is 4.89. The van der Waals surface area contributed by atoms with Crippen LogP contribution in [0.3, 0.4) is 0 Å². The number of methoxy groups -OCH3 is 1. The molecule has 1 aliphatic heterocycles. The standard InChI is InChI=1S/C9H11NOS/c1-11-8-3-2-7(10)9-6(8)4-5-12-9/h2-3H,4-5,10H2,1H3. The lowest BCUT2D eigenvalue weighted by Crippen LogP contribution is -1.94. The number of fused-ring (bicyclic) bond motifs is 1. The summed E-state index contributed by atoms with van der Waals surface area (Å²) in [7, 11) is 1.70. The van der Waals surface area contributed by atoms with E-state index < -0.39 is 0 Å². The van der Waals surface area contributed by atoms with E-state index in [0.29, 0.717) is 0 Å². The van der Waals surface area contributed by atoms with Crippen molar-refractivity contribution in [2.45, 2.75) is 11.3 Å². The number of nitrogens with two attached hydrogens (primary N) is 1. The zero-order valence-corrected chi connectivity index (χ0v) is 7.78. The maximum atomic E-state index is 5.82. The molecule has 0 radical (unpaired) electrons. The summed E-state index contributed by atoms with van der Waals surface area (Å²) in [6.45, 7) is 0. The molecule has 12 heavy (non-hydrogen) atoms. The fourth-order valence-electron chi connectivity index (χ4n) is 1.48. The maximum absolute atomic E-state index is 5.82. The fraction of sp³-hybridized carbons (Fsp3) is 0.333. The van der Waals surface area contributed by atoms with Gasteiger partial charge in [-0.1, -0.05) is 0 Å². The number of benzene rings is 1. The van der Waals surface area contributed by atoms with Crippen LogP contribution in [0.15, 0.2) is 17.0 Å². The van der Waals surface area contributed by atoms with Crippen LogP contribution < -0.4 is 10.5 Å². The third kappa shape index (κ3) is 1.05. The lowest BCUT2D eigenvalue weighted by atomic mass is 10.1. The number of rotatable bonds is 1. The molecule has 2 N–H and O–H groups in total. The molecule has 2 rings (SSSR count). The average Bonchev–Trinajstić information content (AvgIpc) is 2.54. The van der Waals surface area contributed by atoms with Gasteiger partial charge < -0.3 is 10.5 Å². The van der Waals surface area contributed by atoms with E-state index in [4.69, 9.17) is 10.5 Å². The molecule has 0 bridgehead atoms. The van der Waals surface area contributed by atoms with Crippen LogP contribution in [-0.4, -0.2) is 12.9 Å². The van der Waals surface area contributed by atoms with Gasteiger partial charge in [-0.25, -0.2) is 0 Å². The molecule has 0 saturated carbocycles. The number of ether oxygens (including phenoxy) is 1. The quantitative estimate of drug-likeness (QED) is 0.672. The third-order valence-electron chi connectivity index (χ3n) is 2.07. The predicted octanol–water partition coefficient (Wildman–Crippen LogP) is 1.93. The van der Waals surface area contributed by atoms with Crippen LogP contribution in [0.25, 0.3) is 0 Å². The number of anilines is 1. The Kier molecular flexibility index (Phi) is 1.89. The van der Waals surface area contributed by atoms with Crippen molar-refractivity contribution >= 4 is 17.4 Å². The van der Waals surface area contributed by atoms with Crippen molar-refractivity contribution in [2.75, 3.05) is 18.6 Å². The minimum absolute atomic E-state index is 0.883. The Morgan fingerprint density at radius 1 is 1.50 bits per heavy atom. The molecule has 1 heterocycles. The predicted molar refractivity (Wildman–Crippen MR) is 51.8 cm³/mol. The van der Waals surface area contributed by atoms with Gasteiger partial charge in [0.05, 0.1) is 7.11 Å². The first kappa shape index (κ1) is 7.80. The smallest absolute Gasteiger partial charge is 0.123 e. The topological polar surface area (TPSA) is 35.2 Å². The largest absolute Gasteiger partial charge is 0.496 e. The van der Waals surface area contributed by atoms with Crippen LogP contribution in [0.5, 0.6) is 5.75 Å². The van der Waals surface area contributed by atoms with Gasteiger partial charge in [0, 0.05) is 21.9 Å². The molecule has 0 aromatic heterocycles. The first-order valence-electron chi connectivity index (χ1n) is 3.91. The molecule has 2 nitrogen and oxygen atoms in total. The molecular formula is C9H11NOS. The highest BCUT2D eigenvalue weighted by Crippen LogP contribution is 2.40. The van der Waals surface area contributed by atoms with Gasteiger partial charge in [0.15, 0.2) is 0 Å². The first-order chi connectivity index (χ1) is 5.83. The monoisotopic (exact) mass is 181 g/mol. The van der Waals surface area contributed by atoms with Crippen LogP contribution in [-0.2, 0) is 6.42 Å². The van der Waals surface area contributed by atoms with E-state index in [9.17, 15) is 0 Å². The Balaban J connectivity index is 2.57. The molecule has 0 amide bonds. The SMILES string of the molecule is COc1ccc(N)c2c1CCS2. The lowest BCUT2D eigenvalue weighted by Gasteiger charge is -2.07. The van der Waals surface area contributed by atoms with Crippen molar-refractivity contribution in [2.24, 2.45) is 0 Å². The molecule has 1 aromatic rings. The number of nitrogen functional groups attached to an aromatic ring is 1. The van der Waals surface area contributed by atoms with Gasteiger partial charge in [-0.15, -0.1) is 11.8 Å². The fourth-order valence-corrected chi connectivity index (χ4v) is 2.60. The minimum Gasteiger partial charge on any atom is -0.496 e. The summed E-state index contributed by atoms with van der Waals surface area (Å²) in [5.74, 6) is 2.10. The summed E-state index contributed by atoms with van der Waals surface area (Å²) in [6, 6.07) is 3.86. The second kappa shape index (κ2) is 2.90. The van der Waals surface area contributed by atoms with Gasteiger partial charge in [0.1, 0.15) is 5.75 Å². The summed E-state index contributed by atoms with van der Waals surface area (Å²) >= 11 is 1.82. The van der Waals surface area contributed by atoms with Gasteiger partial charge in [-0.05, 0) is 18.6 Å². The van der Waals surface area contributed by atoms with Crippen molar-refractivity contribution in [3.8, 4) is 5.75 Å². The zero-order valence-electron chi connectivity index (χ0n) is 6.96. The minimum atomic E-state index is 0.883. The van der Waals surface area contributed by atoms with Crippen LogP contribution in [0.1, 0.15) is 5.56 Å². The normalized spacial score (nSPS) is 14.4. The van der Waals surface area contributed by atoms with Crippen molar-refractivity contribution in [3.63, 3.8) is 0 Å². The Bertz CT molecular complexity index is 312. The molecule has 1 aromatic carbocycles. The van der Waals surface area contributed by atoms with Crippen LogP contribution in [0.4, 0.5) is 5.69 Å². The van der Waals surface area contributed by atoms with Crippen molar-refractivity contribution in [3.05, 3.63) is 17.7 Å². The van der Waals surface area contributed by atoms with Gasteiger partial charge in [0.25, 0.3) is 0 Å². The van der Waals surface area contributed by atoms with E-state index in [1.807, 2.05) is 23.9 Å². The summed E-state index contributed by atoms with van der Waals surface area (Å²) in [4.78, 5) is 1.22. The molecule has 3 heteroatoms. The van der Waals surface area contributed by atoms with Gasteiger partial charge in [0.2, 0.25) is 0 Å². The zero-order chi connectivity index (χ0) is 8.55. The second-order valence-electron chi connectivity index (χ2n) is 2.76. The summed E-state index contributed by atoms with van der Waals surface area (Å²) < 4.78 is 5.24. The lowest BCUT2D eigenvalue weighted by molar-refractivity contribution is 0.409. The van der Waals surface area contributed by atoms with Crippen LogP contribution >= 0.6 is 11.8 Å². The molecule has 1 aliphatic rings. The summed E-state index contributed by atoms with van der Waals surface area (Å²) in [5.41, 5.74) is 7.98. The Hall–Kier alpha value is -0.830.